The molecule has 3 N–H and O–H groups in total. The van der Waals surface area contributed by atoms with Gasteiger partial charge in [0, 0.05) is 44.0 Å². The van der Waals surface area contributed by atoms with Gasteiger partial charge in [-0.25, -0.2) is 4.98 Å². The number of ether oxygens (including phenoxy) is 1. The first-order valence-electron chi connectivity index (χ1n) is 9.36. The van der Waals surface area contributed by atoms with Crippen molar-refractivity contribution in [1.82, 2.24) is 15.2 Å². The zero-order valence-corrected chi connectivity index (χ0v) is 16.6. The Morgan fingerprint density at radius 3 is 2.30 bits per heavy atom. The molecular weight excluding hydrogens is 340 g/mol. The summed E-state index contributed by atoms with van der Waals surface area (Å²) in [5.41, 5.74) is 6.75. The minimum Gasteiger partial charge on any atom is -0.439 e. The van der Waals surface area contributed by atoms with Crippen molar-refractivity contribution >= 4 is 5.91 Å². The Balaban J connectivity index is 1.80. The number of aromatic nitrogens is 1. The van der Waals surface area contributed by atoms with E-state index in [1.165, 1.54) is 11.8 Å². The maximum Gasteiger partial charge on any atom is 0.250 e. The molecule has 6 nitrogen and oxygen atoms in total. The molecule has 27 heavy (non-hydrogen) atoms. The Labute approximate surface area is 161 Å². The second kappa shape index (κ2) is 10.0. The number of carbonyl (C=O) groups excluding carboxylic acids is 1. The molecule has 1 heterocycles. The number of pyridine rings is 1. The monoisotopic (exact) mass is 370 g/mol. The summed E-state index contributed by atoms with van der Waals surface area (Å²) in [6.45, 7) is 11.7. The molecule has 1 aromatic carbocycles. The molecule has 0 unspecified atom stereocenters. The highest BCUT2D eigenvalue weighted by atomic mass is 16.5. The number of nitrogens with two attached hydrogens (primary N) is 1. The molecule has 0 fully saturated rings. The predicted octanol–water partition coefficient (Wildman–Crippen LogP) is 3.18. The van der Waals surface area contributed by atoms with Crippen LogP contribution < -0.4 is 15.8 Å². The van der Waals surface area contributed by atoms with Gasteiger partial charge in [-0.2, -0.15) is 0 Å². The second-order valence-corrected chi connectivity index (χ2v) is 7.10. The summed E-state index contributed by atoms with van der Waals surface area (Å²) in [6.07, 6.45) is 1.41. The Morgan fingerprint density at radius 1 is 1.11 bits per heavy atom. The highest BCUT2D eigenvalue weighted by Crippen LogP contribution is 2.19. The van der Waals surface area contributed by atoms with Crippen LogP contribution in [0.1, 0.15) is 43.6 Å². The number of hydrogen-bond donors (Lipinski definition) is 2. The topological polar surface area (TPSA) is 80.5 Å². The molecule has 0 saturated heterocycles. The van der Waals surface area contributed by atoms with Crippen LogP contribution in [0.25, 0.3) is 0 Å². The number of rotatable bonds is 10. The van der Waals surface area contributed by atoms with Crippen LogP contribution >= 0.6 is 0 Å². The fourth-order valence-electron chi connectivity index (χ4n) is 2.94. The van der Waals surface area contributed by atoms with Gasteiger partial charge in [-0.1, -0.05) is 12.1 Å². The van der Waals surface area contributed by atoms with E-state index in [4.69, 9.17) is 10.5 Å². The van der Waals surface area contributed by atoms with E-state index in [2.05, 4.69) is 42.9 Å². The van der Waals surface area contributed by atoms with E-state index in [0.717, 1.165) is 19.6 Å². The van der Waals surface area contributed by atoms with Crippen molar-refractivity contribution < 1.29 is 9.53 Å². The zero-order chi connectivity index (χ0) is 19.8. The fourth-order valence-corrected chi connectivity index (χ4v) is 2.94. The van der Waals surface area contributed by atoms with Crippen molar-refractivity contribution in [3.63, 3.8) is 0 Å². The fraction of sp³-hybridized carbons (Fsp3) is 0.429. The van der Waals surface area contributed by atoms with Crippen LogP contribution in [0.15, 0.2) is 42.6 Å². The molecule has 0 saturated carbocycles. The molecule has 1 aromatic heterocycles. The van der Waals surface area contributed by atoms with E-state index in [1.807, 2.05) is 24.3 Å². The second-order valence-electron chi connectivity index (χ2n) is 7.10. The predicted molar refractivity (Wildman–Crippen MR) is 108 cm³/mol. The molecule has 0 aliphatic rings. The van der Waals surface area contributed by atoms with E-state index in [-0.39, 0.29) is 0 Å². The van der Waals surface area contributed by atoms with Crippen molar-refractivity contribution in [2.24, 2.45) is 5.73 Å². The molecule has 0 spiro atoms. The average Bonchev–Trinajstić information content (AvgIpc) is 2.62. The van der Waals surface area contributed by atoms with E-state index in [1.54, 1.807) is 12.1 Å². The van der Waals surface area contributed by atoms with Crippen LogP contribution in [0.3, 0.4) is 0 Å². The molecule has 0 atom stereocenters. The van der Waals surface area contributed by atoms with Crippen molar-refractivity contribution in [2.75, 3.05) is 13.1 Å². The lowest BCUT2D eigenvalue weighted by Gasteiger charge is -2.30. The summed E-state index contributed by atoms with van der Waals surface area (Å²) in [6, 6.07) is 12.2. The highest BCUT2D eigenvalue weighted by molar-refractivity contribution is 5.92. The number of carbonyl (C=O) groups is 1. The van der Waals surface area contributed by atoms with Crippen molar-refractivity contribution in [3.05, 3.63) is 53.7 Å². The van der Waals surface area contributed by atoms with Crippen molar-refractivity contribution in [1.29, 1.82) is 0 Å². The van der Waals surface area contributed by atoms with Gasteiger partial charge in [-0.3, -0.25) is 9.69 Å². The third-order valence-corrected chi connectivity index (χ3v) is 4.37. The minimum atomic E-state index is -0.504. The van der Waals surface area contributed by atoms with Crippen molar-refractivity contribution in [3.8, 4) is 11.6 Å². The maximum atomic E-state index is 11.1. The molecule has 0 aliphatic heterocycles. The van der Waals surface area contributed by atoms with Gasteiger partial charge < -0.3 is 15.8 Å². The van der Waals surface area contributed by atoms with Gasteiger partial charge in [0.1, 0.15) is 5.75 Å². The van der Waals surface area contributed by atoms with Gasteiger partial charge in [0.15, 0.2) is 0 Å². The van der Waals surface area contributed by atoms with E-state index >= 15 is 0 Å². The van der Waals surface area contributed by atoms with Gasteiger partial charge in [0.2, 0.25) is 11.8 Å². The van der Waals surface area contributed by atoms with Crippen LogP contribution in [-0.4, -0.2) is 41.0 Å². The van der Waals surface area contributed by atoms with Gasteiger partial charge in [-0.05, 0) is 51.5 Å². The largest absolute Gasteiger partial charge is 0.439 e. The van der Waals surface area contributed by atoms with E-state index < -0.39 is 5.91 Å². The lowest BCUT2D eigenvalue weighted by Crippen LogP contribution is -2.41. The minimum absolute atomic E-state index is 0.359. The first-order chi connectivity index (χ1) is 12.9. The molecule has 0 aliphatic carbocycles. The van der Waals surface area contributed by atoms with Gasteiger partial charge in [0.25, 0.3) is 0 Å². The molecule has 2 rings (SSSR count). The molecule has 6 heteroatoms. The van der Waals surface area contributed by atoms with Gasteiger partial charge >= 0.3 is 0 Å². The third-order valence-electron chi connectivity index (χ3n) is 4.37. The first kappa shape index (κ1) is 20.9. The van der Waals surface area contributed by atoms with E-state index in [0.29, 0.717) is 29.3 Å². The summed E-state index contributed by atoms with van der Waals surface area (Å²) >= 11 is 0. The quantitative estimate of drug-likeness (QED) is 0.628. The highest BCUT2D eigenvalue weighted by Gasteiger charge is 2.12. The number of nitrogens with one attached hydrogen (secondary N) is 1. The van der Waals surface area contributed by atoms with E-state index in [9.17, 15) is 4.79 Å². The number of primary amides is 1. The molecule has 146 valence electrons. The SMILES string of the molecule is CC(C)N(CCNCc1ccc(Oc2ccc(C(N)=O)cn2)cc1)C(C)C. The number of benzene rings is 1. The lowest BCUT2D eigenvalue weighted by atomic mass is 10.2. The third kappa shape index (κ3) is 6.66. The normalized spacial score (nSPS) is 11.4. The Bertz CT molecular complexity index is 704. The standard InChI is InChI=1S/C21H30N4O2/c1-15(2)25(16(3)4)12-11-23-13-17-5-8-19(9-6-17)27-20-10-7-18(14-24-20)21(22)26/h5-10,14-16,23H,11-13H2,1-4H3,(H2,22,26). The molecule has 2 aromatic rings. The molecule has 0 bridgehead atoms. The van der Waals surface area contributed by atoms with Crippen LogP contribution in [-0.2, 0) is 6.54 Å². The summed E-state index contributed by atoms with van der Waals surface area (Å²) in [5.74, 6) is 0.619. The van der Waals surface area contributed by atoms with Crippen LogP contribution in [0.5, 0.6) is 11.6 Å². The Hall–Kier alpha value is -2.44. The average molecular weight is 370 g/mol. The summed E-state index contributed by atoms with van der Waals surface area (Å²) in [5, 5.41) is 3.49. The lowest BCUT2D eigenvalue weighted by molar-refractivity contribution is 0.1000. The summed E-state index contributed by atoms with van der Waals surface area (Å²) in [4.78, 5) is 17.6. The van der Waals surface area contributed by atoms with Crippen LogP contribution in [0.2, 0.25) is 0 Å². The van der Waals surface area contributed by atoms with Gasteiger partial charge in [0.05, 0.1) is 5.56 Å². The molecule has 1 amide bonds. The van der Waals surface area contributed by atoms with Crippen LogP contribution in [0.4, 0.5) is 0 Å². The maximum absolute atomic E-state index is 11.1. The number of amides is 1. The Morgan fingerprint density at radius 2 is 1.78 bits per heavy atom. The van der Waals surface area contributed by atoms with Gasteiger partial charge in [-0.15, -0.1) is 0 Å². The van der Waals surface area contributed by atoms with Crippen molar-refractivity contribution in [2.45, 2.75) is 46.3 Å². The smallest absolute Gasteiger partial charge is 0.250 e. The van der Waals surface area contributed by atoms with Crippen LogP contribution in [0, 0.1) is 0 Å². The number of nitrogens with zero attached hydrogens (tertiary/aromatic N) is 2. The Kier molecular flexibility index (Phi) is 7.76. The summed E-state index contributed by atoms with van der Waals surface area (Å²) in [7, 11) is 0. The molecular formula is C21H30N4O2. The zero-order valence-electron chi connectivity index (χ0n) is 16.6. The summed E-state index contributed by atoms with van der Waals surface area (Å²) < 4.78 is 5.69. The number of hydrogen-bond acceptors (Lipinski definition) is 5. The first-order valence-corrected chi connectivity index (χ1v) is 9.36. The molecule has 0 radical (unpaired) electrons.